The zero-order valence-corrected chi connectivity index (χ0v) is 7.40. The molecule has 0 aromatic carbocycles. The van der Waals surface area contributed by atoms with Crippen LogP contribution in [0.2, 0.25) is 0 Å². The highest BCUT2D eigenvalue weighted by Gasteiger charge is 2.11. The van der Waals surface area contributed by atoms with Gasteiger partial charge in [0.25, 0.3) is 0 Å². The second-order valence-corrected chi connectivity index (χ2v) is 3.08. The lowest BCUT2D eigenvalue weighted by Gasteiger charge is -2.19. The number of hydrogen-bond donors (Lipinski definition) is 0. The summed E-state index contributed by atoms with van der Waals surface area (Å²) < 4.78 is 0. The van der Waals surface area contributed by atoms with Crippen LogP contribution in [-0.4, -0.2) is 0 Å². The monoisotopic (exact) mass is 140 g/mol. The van der Waals surface area contributed by atoms with Crippen molar-refractivity contribution in [1.29, 1.82) is 0 Å². The summed E-state index contributed by atoms with van der Waals surface area (Å²) in [6, 6.07) is 0. The minimum atomic E-state index is 0.819. The third-order valence-electron chi connectivity index (χ3n) is 2.36. The van der Waals surface area contributed by atoms with Gasteiger partial charge in [0.2, 0.25) is 0 Å². The van der Waals surface area contributed by atoms with E-state index in [1.807, 2.05) is 0 Å². The second-order valence-electron chi connectivity index (χ2n) is 3.08. The van der Waals surface area contributed by atoms with Gasteiger partial charge in [-0.2, -0.15) is 0 Å². The van der Waals surface area contributed by atoms with E-state index in [-0.39, 0.29) is 0 Å². The molecule has 60 valence electrons. The van der Waals surface area contributed by atoms with E-state index >= 15 is 0 Å². The molecular weight excluding hydrogens is 120 g/mol. The van der Waals surface area contributed by atoms with Gasteiger partial charge in [-0.25, -0.2) is 0 Å². The molecule has 0 aliphatic heterocycles. The molecule has 0 spiro atoms. The van der Waals surface area contributed by atoms with E-state index in [1.54, 1.807) is 0 Å². The summed E-state index contributed by atoms with van der Waals surface area (Å²) in [7, 11) is 0. The van der Waals surface area contributed by atoms with E-state index in [4.69, 9.17) is 0 Å². The molecular formula is C10H20. The highest BCUT2D eigenvalue weighted by atomic mass is 14.2. The van der Waals surface area contributed by atoms with Crippen molar-refractivity contribution >= 4 is 0 Å². The van der Waals surface area contributed by atoms with E-state index in [2.05, 4.69) is 27.7 Å². The molecule has 0 saturated carbocycles. The summed E-state index contributed by atoms with van der Waals surface area (Å²) in [5.41, 5.74) is 0. The van der Waals surface area contributed by atoms with Crippen LogP contribution in [0.4, 0.5) is 0 Å². The molecule has 0 aromatic rings. The number of hydrogen-bond acceptors (Lipinski definition) is 0. The lowest BCUT2D eigenvalue weighted by atomic mass is 9.86. The van der Waals surface area contributed by atoms with Crippen LogP contribution in [0.25, 0.3) is 0 Å². The Bertz CT molecular complexity index is 62.4. The van der Waals surface area contributed by atoms with Crippen LogP contribution >= 0.6 is 0 Å². The van der Waals surface area contributed by atoms with E-state index in [9.17, 15) is 0 Å². The fraction of sp³-hybridized carbons (Fsp3) is 0.800. The fourth-order valence-corrected chi connectivity index (χ4v) is 1.45. The first-order valence-corrected chi connectivity index (χ1v) is 4.34. The third kappa shape index (κ3) is 3.24. The average Bonchev–Trinajstić information content (AvgIpc) is 1.91. The Balaban J connectivity index is 3.53. The van der Waals surface area contributed by atoms with Gasteiger partial charge in [-0.05, 0) is 11.8 Å². The zero-order valence-electron chi connectivity index (χ0n) is 7.40. The summed E-state index contributed by atoms with van der Waals surface area (Å²) >= 11 is 0. The number of rotatable bonds is 5. The van der Waals surface area contributed by atoms with Crippen LogP contribution in [0.15, 0.2) is 0 Å². The Morgan fingerprint density at radius 3 is 2.20 bits per heavy atom. The molecule has 10 heavy (non-hydrogen) atoms. The van der Waals surface area contributed by atoms with Gasteiger partial charge in [-0.15, -0.1) is 0 Å². The molecule has 0 heterocycles. The third-order valence-corrected chi connectivity index (χ3v) is 2.36. The molecule has 0 nitrogen and oxygen atoms in total. The highest BCUT2D eigenvalue weighted by molar-refractivity contribution is 4.66. The average molecular weight is 140 g/mol. The van der Waals surface area contributed by atoms with Gasteiger partial charge < -0.3 is 0 Å². The van der Waals surface area contributed by atoms with Gasteiger partial charge in [0.1, 0.15) is 0 Å². The second kappa shape index (κ2) is 5.76. The van der Waals surface area contributed by atoms with Crippen molar-refractivity contribution in [2.75, 3.05) is 0 Å². The summed E-state index contributed by atoms with van der Waals surface area (Å²) in [4.78, 5) is 0. The Morgan fingerprint density at radius 2 is 1.90 bits per heavy atom. The smallest absolute Gasteiger partial charge is 0.0391 e. The molecule has 2 atom stereocenters. The molecule has 0 aliphatic rings. The fourth-order valence-electron chi connectivity index (χ4n) is 1.45. The molecule has 2 unspecified atom stereocenters. The van der Waals surface area contributed by atoms with Crippen molar-refractivity contribution in [1.82, 2.24) is 0 Å². The molecule has 0 N–H and O–H groups in total. The van der Waals surface area contributed by atoms with Crippen LogP contribution < -0.4 is 0 Å². The molecule has 0 saturated heterocycles. The van der Waals surface area contributed by atoms with Gasteiger partial charge >= 0.3 is 0 Å². The lowest BCUT2D eigenvalue weighted by Crippen LogP contribution is -2.09. The normalized spacial score (nSPS) is 14.1. The molecule has 0 fully saturated rings. The molecule has 0 bridgehead atoms. The van der Waals surface area contributed by atoms with Gasteiger partial charge in [0, 0.05) is 0 Å². The highest BCUT2D eigenvalue weighted by Crippen LogP contribution is 2.22. The van der Waals surface area contributed by atoms with Crippen LogP contribution in [-0.2, 0) is 0 Å². The van der Waals surface area contributed by atoms with E-state index in [0.29, 0.717) is 0 Å². The van der Waals surface area contributed by atoms with Crippen molar-refractivity contribution in [2.24, 2.45) is 11.8 Å². The van der Waals surface area contributed by atoms with Crippen molar-refractivity contribution in [3.8, 4) is 0 Å². The molecule has 0 aliphatic carbocycles. The van der Waals surface area contributed by atoms with Crippen LogP contribution in [0.3, 0.4) is 0 Å². The Kier molecular flexibility index (Phi) is 5.76. The quantitative estimate of drug-likeness (QED) is 0.548. The SMILES string of the molecule is [CH2]CCC(C)C(C[CH2])CC. The molecule has 0 amide bonds. The zero-order chi connectivity index (χ0) is 7.98. The van der Waals surface area contributed by atoms with Crippen molar-refractivity contribution in [3.05, 3.63) is 13.8 Å². The molecule has 0 heteroatoms. The maximum absolute atomic E-state index is 3.94. The standard InChI is InChI=1S/C10H20/c1-5-8-9(4)10(6-2)7-3/h9-10H,1-2,5-8H2,3-4H3. The van der Waals surface area contributed by atoms with Gasteiger partial charge in [0.15, 0.2) is 0 Å². The van der Waals surface area contributed by atoms with Gasteiger partial charge in [-0.1, -0.05) is 53.4 Å². The van der Waals surface area contributed by atoms with E-state index in [0.717, 1.165) is 24.7 Å². The summed E-state index contributed by atoms with van der Waals surface area (Å²) in [5.74, 6) is 1.64. The van der Waals surface area contributed by atoms with Crippen LogP contribution in [0.5, 0.6) is 0 Å². The Labute approximate surface area is 66.0 Å². The maximum Gasteiger partial charge on any atom is -0.0391 e. The summed E-state index contributed by atoms with van der Waals surface area (Å²) in [6.45, 7) is 12.4. The summed E-state index contributed by atoms with van der Waals surface area (Å²) in [5, 5.41) is 0. The molecule has 0 rings (SSSR count). The first kappa shape index (κ1) is 10.0. The van der Waals surface area contributed by atoms with Gasteiger partial charge in [0.05, 0.1) is 0 Å². The Morgan fingerprint density at radius 1 is 1.30 bits per heavy atom. The minimum Gasteiger partial charge on any atom is -0.0651 e. The van der Waals surface area contributed by atoms with Gasteiger partial charge in [-0.3, -0.25) is 0 Å². The minimum absolute atomic E-state index is 0.819. The topological polar surface area (TPSA) is 0 Å². The first-order chi connectivity index (χ1) is 4.76. The van der Waals surface area contributed by atoms with Crippen LogP contribution in [0.1, 0.15) is 39.5 Å². The predicted molar refractivity (Wildman–Crippen MR) is 47.5 cm³/mol. The van der Waals surface area contributed by atoms with E-state index in [1.165, 1.54) is 12.8 Å². The predicted octanol–water partition coefficient (Wildman–Crippen LogP) is 3.49. The van der Waals surface area contributed by atoms with Crippen LogP contribution in [0, 0.1) is 25.7 Å². The molecule has 0 aromatic heterocycles. The largest absolute Gasteiger partial charge is 0.0651 e. The van der Waals surface area contributed by atoms with Crippen molar-refractivity contribution in [2.45, 2.75) is 39.5 Å². The lowest BCUT2D eigenvalue weighted by molar-refractivity contribution is 0.331. The molecule has 2 radical (unpaired) electrons. The Hall–Kier alpha value is 0. The van der Waals surface area contributed by atoms with Crippen molar-refractivity contribution < 1.29 is 0 Å². The van der Waals surface area contributed by atoms with Crippen molar-refractivity contribution in [3.63, 3.8) is 0 Å². The van der Waals surface area contributed by atoms with E-state index < -0.39 is 0 Å². The summed E-state index contributed by atoms with van der Waals surface area (Å²) in [6.07, 6.45) is 4.67. The first-order valence-electron chi connectivity index (χ1n) is 4.34. The maximum atomic E-state index is 3.94.